The minimum Gasteiger partial charge on any atom is -0.480 e. The second-order valence-electron chi connectivity index (χ2n) is 9.44. The molecule has 0 aliphatic carbocycles. The quantitative estimate of drug-likeness (QED) is 0.0537. The summed E-state index contributed by atoms with van der Waals surface area (Å²) in [6, 6.07) is -4.04. The molecule has 0 bridgehead atoms. The van der Waals surface area contributed by atoms with Gasteiger partial charge in [-0.1, -0.05) is 0 Å². The van der Waals surface area contributed by atoms with Crippen LogP contribution in [-0.2, 0) is 25.6 Å². The van der Waals surface area contributed by atoms with Crippen LogP contribution in [0.4, 0.5) is 0 Å². The fraction of sp³-hybridized carbons (Fsp3) is 0.609. The molecule has 4 atom stereocenters. The number of amides is 3. The third kappa shape index (κ3) is 10.4. The number of likely N-dealkylation sites (tertiary alicyclic amines) is 1. The van der Waals surface area contributed by atoms with Crippen molar-refractivity contribution in [2.75, 3.05) is 19.6 Å². The van der Waals surface area contributed by atoms with Crippen molar-refractivity contribution in [1.82, 2.24) is 25.5 Å². The number of nitrogens with zero attached hydrogens (tertiary/aromatic N) is 4. The monoisotopic (exact) mass is 564 g/mol. The van der Waals surface area contributed by atoms with Crippen LogP contribution in [0.1, 0.15) is 44.2 Å². The summed E-state index contributed by atoms with van der Waals surface area (Å²) < 4.78 is 0. The normalized spacial score (nSPS) is 16.8. The summed E-state index contributed by atoms with van der Waals surface area (Å²) in [5, 5.41) is 14.8. The average Bonchev–Trinajstić information content (AvgIpc) is 3.59. The van der Waals surface area contributed by atoms with Gasteiger partial charge in [0, 0.05) is 37.9 Å². The molecule has 14 N–H and O–H groups in total. The molecule has 1 aliphatic rings. The van der Waals surface area contributed by atoms with Gasteiger partial charge in [-0.3, -0.25) is 24.4 Å². The summed E-state index contributed by atoms with van der Waals surface area (Å²) in [5.74, 6) is -3.06. The number of aliphatic carboxylic acids is 1. The number of carbonyl (C=O) groups excluding carboxylic acids is 3. The second kappa shape index (κ2) is 15.9. The number of aromatic amines is 1. The number of aromatic nitrogens is 2. The third-order valence-electron chi connectivity index (χ3n) is 6.29. The predicted molar refractivity (Wildman–Crippen MR) is 146 cm³/mol. The van der Waals surface area contributed by atoms with E-state index in [0.717, 1.165) is 0 Å². The molecule has 17 heteroatoms. The fourth-order valence-electron chi connectivity index (χ4n) is 4.30. The lowest BCUT2D eigenvalue weighted by Crippen LogP contribution is -2.57. The molecule has 0 radical (unpaired) electrons. The molecule has 1 fully saturated rings. The van der Waals surface area contributed by atoms with Crippen LogP contribution >= 0.6 is 0 Å². The maximum absolute atomic E-state index is 13.6. The van der Waals surface area contributed by atoms with Crippen molar-refractivity contribution < 1.29 is 24.3 Å². The highest BCUT2D eigenvalue weighted by Gasteiger charge is 2.39. The molecule has 40 heavy (non-hydrogen) atoms. The van der Waals surface area contributed by atoms with Crippen LogP contribution in [-0.4, -0.2) is 99.4 Å². The lowest BCUT2D eigenvalue weighted by Gasteiger charge is -2.30. The van der Waals surface area contributed by atoms with Gasteiger partial charge in [0.15, 0.2) is 11.9 Å². The Kier molecular flexibility index (Phi) is 12.6. The number of aliphatic imine (C=N–C) groups is 2. The molecule has 4 unspecified atom stereocenters. The molecule has 3 amide bonds. The number of guanidine groups is 2. The Bertz CT molecular complexity index is 1050. The summed E-state index contributed by atoms with van der Waals surface area (Å²) in [4.78, 5) is 67.1. The fourth-order valence-corrected chi connectivity index (χ4v) is 4.30. The SMILES string of the molecule is NC(N)=NCCCC(NC(=O)C1CCCN1C(=O)C(CCCN=C(N)N)NC(=O)C(N)Cc1cnc[nH]1)C(=O)O. The van der Waals surface area contributed by atoms with E-state index in [9.17, 15) is 24.3 Å². The van der Waals surface area contributed by atoms with E-state index in [2.05, 4.69) is 30.6 Å². The lowest BCUT2D eigenvalue weighted by atomic mass is 10.1. The number of carboxylic acids is 1. The van der Waals surface area contributed by atoms with E-state index in [1.54, 1.807) is 6.20 Å². The first-order valence-electron chi connectivity index (χ1n) is 13.0. The smallest absolute Gasteiger partial charge is 0.326 e. The zero-order valence-corrected chi connectivity index (χ0v) is 22.3. The number of nitrogens with one attached hydrogen (secondary N) is 3. The first kappa shape index (κ1) is 31.8. The number of hydrogen-bond donors (Lipinski definition) is 9. The highest BCUT2D eigenvalue weighted by Crippen LogP contribution is 2.20. The van der Waals surface area contributed by atoms with Gasteiger partial charge in [-0.05, 0) is 38.5 Å². The molecule has 17 nitrogen and oxygen atoms in total. The van der Waals surface area contributed by atoms with E-state index in [1.807, 2.05) is 0 Å². The minimum absolute atomic E-state index is 0.0935. The van der Waals surface area contributed by atoms with E-state index in [0.29, 0.717) is 31.4 Å². The van der Waals surface area contributed by atoms with Gasteiger partial charge in [-0.15, -0.1) is 0 Å². The number of imidazole rings is 1. The lowest BCUT2D eigenvalue weighted by molar-refractivity contribution is -0.145. The van der Waals surface area contributed by atoms with E-state index < -0.39 is 47.9 Å². The Balaban J connectivity index is 2.09. The molecule has 2 heterocycles. The number of carbonyl (C=O) groups is 4. The molecular formula is C23H40N12O5. The zero-order chi connectivity index (χ0) is 29.7. The van der Waals surface area contributed by atoms with E-state index >= 15 is 0 Å². The molecule has 1 aliphatic heterocycles. The Hall–Kier alpha value is -4.41. The Morgan fingerprint density at radius 2 is 1.68 bits per heavy atom. The number of carboxylic acid groups (broad SMARTS) is 1. The van der Waals surface area contributed by atoms with Crippen molar-refractivity contribution in [2.45, 2.75) is 69.1 Å². The summed E-state index contributed by atoms with van der Waals surface area (Å²) in [7, 11) is 0. The molecule has 1 aromatic heterocycles. The van der Waals surface area contributed by atoms with E-state index in [4.69, 9.17) is 28.7 Å². The van der Waals surface area contributed by atoms with Gasteiger partial charge in [0.25, 0.3) is 0 Å². The number of rotatable bonds is 16. The van der Waals surface area contributed by atoms with Gasteiger partial charge < -0.3 is 54.3 Å². The van der Waals surface area contributed by atoms with Gasteiger partial charge in [0.2, 0.25) is 17.7 Å². The molecule has 1 saturated heterocycles. The highest BCUT2D eigenvalue weighted by atomic mass is 16.4. The summed E-state index contributed by atoms with van der Waals surface area (Å²) in [6.07, 6.45) is 5.03. The summed E-state index contributed by atoms with van der Waals surface area (Å²) >= 11 is 0. The van der Waals surface area contributed by atoms with Crippen LogP contribution in [0, 0.1) is 0 Å². The van der Waals surface area contributed by atoms with Crippen molar-refractivity contribution in [2.24, 2.45) is 38.7 Å². The Morgan fingerprint density at radius 3 is 2.23 bits per heavy atom. The van der Waals surface area contributed by atoms with Gasteiger partial charge >= 0.3 is 5.97 Å². The van der Waals surface area contributed by atoms with Crippen molar-refractivity contribution in [3.8, 4) is 0 Å². The van der Waals surface area contributed by atoms with Crippen molar-refractivity contribution >= 4 is 35.6 Å². The summed E-state index contributed by atoms with van der Waals surface area (Å²) in [6.45, 7) is 0.700. The van der Waals surface area contributed by atoms with Crippen LogP contribution in [0.25, 0.3) is 0 Å². The second-order valence-corrected chi connectivity index (χ2v) is 9.44. The first-order valence-corrected chi connectivity index (χ1v) is 13.0. The van der Waals surface area contributed by atoms with Crippen LogP contribution in [0.15, 0.2) is 22.5 Å². The third-order valence-corrected chi connectivity index (χ3v) is 6.29. The molecule has 222 valence electrons. The molecule has 0 spiro atoms. The first-order chi connectivity index (χ1) is 19.0. The molecule has 1 aromatic rings. The Morgan fingerprint density at radius 1 is 1.05 bits per heavy atom. The number of hydrogen-bond acceptors (Lipinski definition) is 8. The molecule has 0 aromatic carbocycles. The molecule has 2 rings (SSSR count). The van der Waals surface area contributed by atoms with Crippen LogP contribution in [0.3, 0.4) is 0 Å². The number of H-pyrrole nitrogens is 1. The predicted octanol–water partition coefficient (Wildman–Crippen LogP) is -3.57. The van der Waals surface area contributed by atoms with Crippen molar-refractivity contribution in [3.05, 3.63) is 18.2 Å². The maximum atomic E-state index is 13.6. The van der Waals surface area contributed by atoms with Crippen LogP contribution < -0.4 is 39.3 Å². The average molecular weight is 565 g/mol. The standard InChI is InChI=1S/C23H40N12O5/c24-14(10-13-11-29-12-32-13)18(36)33-15(4-1-7-30-22(25)26)20(38)35-9-3-6-17(35)19(37)34-16(21(39)40)5-2-8-31-23(27)28/h11-12,14-17H,1-10,24H2,(H,29,32)(H,33,36)(H,34,37)(H,39,40)(H4,25,26,30)(H4,27,28,31). The largest absolute Gasteiger partial charge is 0.480 e. The van der Waals surface area contributed by atoms with E-state index in [1.165, 1.54) is 11.2 Å². The van der Waals surface area contributed by atoms with Crippen LogP contribution in [0.5, 0.6) is 0 Å². The van der Waals surface area contributed by atoms with Gasteiger partial charge in [-0.25, -0.2) is 9.78 Å². The maximum Gasteiger partial charge on any atom is 0.326 e. The van der Waals surface area contributed by atoms with Crippen molar-refractivity contribution in [1.29, 1.82) is 0 Å². The van der Waals surface area contributed by atoms with E-state index in [-0.39, 0.29) is 50.8 Å². The topological polar surface area (TPSA) is 299 Å². The van der Waals surface area contributed by atoms with Gasteiger partial charge in [-0.2, -0.15) is 0 Å². The number of nitrogens with two attached hydrogens (primary N) is 5. The van der Waals surface area contributed by atoms with Crippen LogP contribution in [0.2, 0.25) is 0 Å². The Labute approximate surface area is 231 Å². The molecule has 0 saturated carbocycles. The zero-order valence-electron chi connectivity index (χ0n) is 22.3. The van der Waals surface area contributed by atoms with Gasteiger partial charge in [0.05, 0.1) is 12.4 Å². The highest BCUT2D eigenvalue weighted by molar-refractivity contribution is 5.94. The minimum atomic E-state index is -1.22. The van der Waals surface area contributed by atoms with Crippen molar-refractivity contribution in [3.63, 3.8) is 0 Å². The molecular weight excluding hydrogens is 524 g/mol. The summed E-state index contributed by atoms with van der Waals surface area (Å²) in [5.41, 5.74) is 28.0. The van der Waals surface area contributed by atoms with Gasteiger partial charge in [0.1, 0.15) is 18.1 Å².